The lowest BCUT2D eigenvalue weighted by molar-refractivity contribution is -0.123. The lowest BCUT2D eigenvalue weighted by Crippen LogP contribution is -2.49. The van der Waals surface area contributed by atoms with E-state index in [1.165, 1.54) is 26.0 Å². The fourth-order valence-electron chi connectivity index (χ4n) is 3.88. The summed E-state index contributed by atoms with van der Waals surface area (Å²) in [5.74, 6) is -0.824. The zero-order valence-electron chi connectivity index (χ0n) is 21.1. The molecule has 0 aliphatic rings. The van der Waals surface area contributed by atoms with Crippen molar-refractivity contribution in [2.75, 3.05) is 0 Å². The lowest BCUT2D eigenvalue weighted by Gasteiger charge is -2.25. The number of halogens is 1. The highest BCUT2D eigenvalue weighted by Gasteiger charge is 2.42. The molecule has 35 heavy (non-hydrogen) atoms. The summed E-state index contributed by atoms with van der Waals surface area (Å²) in [6.45, 7) is 10.1. The summed E-state index contributed by atoms with van der Waals surface area (Å²) in [5.41, 5.74) is 3.07. The highest BCUT2D eigenvalue weighted by atomic mass is 35.5. The molecule has 1 atom stereocenters. The quantitative estimate of drug-likeness (QED) is 0.474. The first kappa shape index (κ1) is 26.8. The summed E-state index contributed by atoms with van der Waals surface area (Å²) < 4.78 is 26.5. The average molecular weight is 518 g/mol. The molecular formula is C26H32ClN3O4S. The average Bonchev–Trinajstić information content (AvgIpc) is 3.10. The fraction of sp³-hybridized carbons (Fsp3) is 0.385. The Bertz CT molecular complexity index is 1390. The van der Waals surface area contributed by atoms with Gasteiger partial charge in [-0.25, -0.2) is 8.42 Å². The van der Waals surface area contributed by atoms with E-state index in [0.29, 0.717) is 10.7 Å². The summed E-state index contributed by atoms with van der Waals surface area (Å²) >= 11 is 6.36. The number of nitrogens with zero attached hydrogens (tertiary/aromatic N) is 1. The Kier molecular flexibility index (Phi) is 7.39. The number of hydrogen-bond donors (Lipinski definition) is 2. The molecule has 0 aliphatic carbocycles. The van der Waals surface area contributed by atoms with Crippen LogP contribution in [0.2, 0.25) is 5.02 Å². The van der Waals surface area contributed by atoms with Crippen molar-refractivity contribution in [3.05, 3.63) is 64.3 Å². The maximum Gasteiger partial charge on any atom is 0.268 e. The number of rotatable bonds is 7. The number of sulfone groups is 1. The number of amides is 2. The minimum atomic E-state index is -3.94. The van der Waals surface area contributed by atoms with Crippen molar-refractivity contribution in [1.29, 1.82) is 0 Å². The van der Waals surface area contributed by atoms with Crippen molar-refractivity contribution >= 4 is 44.2 Å². The minimum Gasteiger partial charge on any atom is -0.353 e. The van der Waals surface area contributed by atoms with E-state index in [0.717, 1.165) is 22.0 Å². The summed E-state index contributed by atoms with van der Waals surface area (Å²) in [5, 5.41) is 7.02. The number of carbonyl (C=O) groups is 2. The Morgan fingerprint density at radius 3 is 2.17 bits per heavy atom. The number of hydrogen-bond acceptors (Lipinski definition) is 4. The van der Waals surface area contributed by atoms with Crippen molar-refractivity contribution in [1.82, 2.24) is 15.2 Å². The van der Waals surface area contributed by atoms with Crippen LogP contribution in [-0.2, 0) is 21.7 Å². The molecule has 188 valence electrons. The van der Waals surface area contributed by atoms with Gasteiger partial charge in [-0.2, -0.15) is 0 Å². The van der Waals surface area contributed by atoms with Crippen LogP contribution in [0.25, 0.3) is 10.9 Å². The van der Waals surface area contributed by atoms with Gasteiger partial charge >= 0.3 is 0 Å². The molecule has 2 aromatic carbocycles. The highest BCUT2D eigenvalue weighted by molar-refractivity contribution is 7.93. The second-order valence-electron chi connectivity index (χ2n) is 9.67. The van der Waals surface area contributed by atoms with Crippen molar-refractivity contribution < 1.29 is 18.0 Å². The Hall–Kier alpha value is -2.84. The van der Waals surface area contributed by atoms with E-state index in [2.05, 4.69) is 10.6 Å². The normalized spacial score (nSPS) is 13.2. The zero-order valence-corrected chi connectivity index (χ0v) is 22.6. The van der Waals surface area contributed by atoms with Gasteiger partial charge in [0.2, 0.25) is 5.91 Å². The number of aromatic nitrogens is 1. The number of carbonyl (C=O) groups excluding carboxylic acids is 2. The molecule has 0 spiro atoms. The predicted molar refractivity (Wildman–Crippen MR) is 140 cm³/mol. The van der Waals surface area contributed by atoms with Gasteiger partial charge in [-0.3, -0.25) is 9.59 Å². The summed E-state index contributed by atoms with van der Waals surface area (Å²) in [7, 11) is -2.12. The Morgan fingerprint density at radius 1 is 1.00 bits per heavy atom. The topological polar surface area (TPSA) is 97.3 Å². The van der Waals surface area contributed by atoms with Crippen LogP contribution in [0.4, 0.5) is 0 Å². The van der Waals surface area contributed by atoms with Gasteiger partial charge in [-0.15, -0.1) is 0 Å². The summed E-state index contributed by atoms with van der Waals surface area (Å²) in [6, 6.07) is 11.3. The summed E-state index contributed by atoms with van der Waals surface area (Å²) in [4.78, 5) is 25.6. The van der Waals surface area contributed by atoms with Gasteiger partial charge in [-0.1, -0.05) is 23.7 Å². The lowest BCUT2D eigenvalue weighted by atomic mass is 10.1. The molecule has 7 nitrogen and oxygen atoms in total. The van der Waals surface area contributed by atoms with Crippen molar-refractivity contribution in [2.24, 2.45) is 7.05 Å². The van der Waals surface area contributed by atoms with Gasteiger partial charge in [0.05, 0.1) is 21.5 Å². The molecule has 0 fully saturated rings. The van der Waals surface area contributed by atoms with Gasteiger partial charge in [0.25, 0.3) is 5.91 Å². The molecule has 0 radical (unpaired) electrons. The third-order valence-electron chi connectivity index (χ3n) is 6.16. The Morgan fingerprint density at radius 2 is 1.60 bits per heavy atom. The van der Waals surface area contributed by atoms with Gasteiger partial charge in [-0.05, 0) is 83.0 Å². The van der Waals surface area contributed by atoms with Crippen molar-refractivity contribution in [3.8, 4) is 0 Å². The maximum atomic E-state index is 13.2. The van der Waals surface area contributed by atoms with E-state index in [-0.39, 0.29) is 22.9 Å². The molecule has 0 saturated heterocycles. The van der Waals surface area contributed by atoms with Gasteiger partial charge in [0, 0.05) is 18.5 Å². The Balaban J connectivity index is 1.81. The zero-order chi connectivity index (χ0) is 26.3. The third kappa shape index (κ3) is 5.09. The molecule has 0 bridgehead atoms. The number of aryl methyl sites for hydroxylation is 2. The van der Waals surface area contributed by atoms with Gasteiger partial charge < -0.3 is 15.2 Å². The second kappa shape index (κ2) is 9.66. The van der Waals surface area contributed by atoms with Crippen molar-refractivity contribution in [2.45, 2.75) is 63.3 Å². The molecule has 0 saturated carbocycles. The van der Waals surface area contributed by atoms with Crippen LogP contribution in [0.1, 0.15) is 62.3 Å². The van der Waals surface area contributed by atoms with Crippen LogP contribution < -0.4 is 10.6 Å². The third-order valence-corrected chi connectivity index (χ3v) is 8.90. The van der Waals surface area contributed by atoms with Crippen LogP contribution >= 0.6 is 11.6 Å². The minimum absolute atomic E-state index is 0.0439. The van der Waals surface area contributed by atoms with Crippen LogP contribution in [-0.4, -0.2) is 35.6 Å². The van der Waals surface area contributed by atoms with Gasteiger partial charge in [0.1, 0.15) is 10.4 Å². The molecule has 0 aliphatic heterocycles. The largest absolute Gasteiger partial charge is 0.353 e. The fourth-order valence-corrected chi connectivity index (χ4v) is 5.59. The molecule has 2 N–H and O–H groups in total. The highest BCUT2D eigenvalue weighted by Crippen LogP contribution is 2.29. The summed E-state index contributed by atoms with van der Waals surface area (Å²) in [6.07, 6.45) is 0. The predicted octanol–water partition coefficient (Wildman–Crippen LogP) is 4.71. The van der Waals surface area contributed by atoms with E-state index in [1.54, 1.807) is 36.6 Å². The first-order chi connectivity index (χ1) is 16.2. The first-order valence-corrected chi connectivity index (χ1v) is 13.2. The number of fused-ring (bicyclic) bond motifs is 1. The molecule has 1 aromatic heterocycles. The number of nitrogens with one attached hydrogen (secondary N) is 2. The molecule has 2 amide bonds. The van der Waals surface area contributed by atoms with E-state index in [9.17, 15) is 18.0 Å². The van der Waals surface area contributed by atoms with Crippen LogP contribution in [0, 0.1) is 6.92 Å². The molecule has 0 unspecified atom stereocenters. The molecule has 3 aromatic rings. The first-order valence-electron chi connectivity index (χ1n) is 11.4. The van der Waals surface area contributed by atoms with Gasteiger partial charge in [0.15, 0.2) is 9.84 Å². The Labute approximate surface area is 211 Å². The molecule has 3 rings (SSSR count). The number of benzene rings is 2. The molecule has 1 heterocycles. The van der Waals surface area contributed by atoms with E-state index in [4.69, 9.17) is 11.6 Å². The van der Waals surface area contributed by atoms with Crippen LogP contribution in [0.3, 0.4) is 0 Å². The maximum absolute atomic E-state index is 13.2. The molecular weight excluding hydrogens is 486 g/mol. The van der Waals surface area contributed by atoms with Crippen LogP contribution in [0.5, 0.6) is 0 Å². The SMILES string of the molecule is Cc1cc(Cl)c2cc(C(=O)N[C@H](C)c3ccc(S(=O)(=O)C(C)(C)C(=O)NC(C)C)cc3)n(C)c2c1. The standard InChI is InChI=1S/C26H32ClN3O4S/c1-15(2)28-25(32)26(5,6)35(33,34)19-10-8-18(9-11-19)17(4)29-24(31)23-14-20-21(27)12-16(3)13-22(20)30(23)7/h8-15,17H,1-7H3,(H,28,32)(H,29,31)/t17-/m1/s1. The monoisotopic (exact) mass is 517 g/mol. The van der Waals surface area contributed by atoms with Crippen molar-refractivity contribution in [3.63, 3.8) is 0 Å². The molecule has 9 heteroatoms. The smallest absolute Gasteiger partial charge is 0.268 e. The van der Waals surface area contributed by atoms with E-state index in [1.807, 2.05) is 33.0 Å². The van der Waals surface area contributed by atoms with Crippen LogP contribution in [0.15, 0.2) is 47.4 Å². The van der Waals surface area contributed by atoms with E-state index < -0.39 is 20.5 Å². The van der Waals surface area contributed by atoms with E-state index >= 15 is 0 Å². The second-order valence-corrected chi connectivity index (χ2v) is 12.6.